The van der Waals surface area contributed by atoms with Crippen LogP contribution in [0.4, 0.5) is 0 Å². The lowest BCUT2D eigenvalue weighted by atomic mass is 10.2. The number of halogens is 1. The number of hydrogen-bond acceptors (Lipinski definition) is 4. The van der Waals surface area contributed by atoms with Crippen LogP contribution in [-0.2, 0) is 17.9 Å². The van der Waals surface area contributed by atoms with Crippen LogP contribution >= 0.6 is 22.9 Å². The van der Waals surface area contributed by atoms with E-state index in [0.29, 0.717) is 17.3 Å². The van der Waals surface area contributed by atoms with Gasteiger partial charge in [-0.3, -0.25) is 14.2 Å². The fraction of sp³-hybridized carbons (Fsp3) is 0.118. The highest BCUT2D eigenvalue weighted by Crippen LogP contribution is 2.20. The Morgan fingerprint density at radius 1 is 1.25 bits per heavy atom. The molecule has 2 aromatic heterocycles. The quantitative estimate of drug-likeness (QED) is 0.761. The van der Waals surface area contributed by atoms with Gasteiger partial charge in [0.2, 0.25) is 5.91 Å². The van der Waals surface area contributed by atoms with Crippen molar-refractivity contribution < 1.29 is 4.79 Å². The van der Waals surface area contributed by atoms with E-state index >= 15 is 0 Å². The van der Waals surface area contributed by atoms with Crippen molar-refractivity contribution in [3.05, 3.63) is 75.1 Å². The average Bonchev–Trinajstić information content (AvgIpc) is 3.10. The molecule has 5 nitrogen and oxygen atoms in total. The normalized spacial score (nSPS) is 10.5. The van der Waals surface area contributed by atoms with Crippen LogP contribution in [0.15, 0.2) is 59.0 Å². The smallest absolute Gasteiger partial charge is 0.254 e. The minimum Gasteiger partial charge on any atom is -0.350 e. The van der Waals surface area contributed by atoms with Crippen LogP contribution in [-0.4, -0.2) is 15.5 Å². The van der Waals surface area contributed by atoms with E-state index in [1.165, 1.54) is 28.3 Å². The van der Waals surface area contributed by atoms with Crippen molar-refractivity contribution in [3.8, 4) is 10.6 Å². The number of rotatable bonds is 5. The molecule has 0 unspecified atom stereocenters. The summed E-state index contributed by atoms with van der Waals surface area (Å²) in [5, 5.41) is 5.26. The summed E-state index contributed by atoms with van der Waals surface area (Å²) in [6.07, 6.45) is 1.40. The second kappa shape index (κ2) is 7.42. The summed E-state index contributed by atoms with van der Waals surface area (Å²) < 4.78 is 1.28. The number of nitrogens with one attached hydrogen (secondary N) is 1. The van der Waals surface area contributed by atoms with E-state index in [2.05, 4.69) is 10.3 Å². The van der Waals surface area contributed by atoms with Crippen molar-refractivity contribution in [1.29, 1.82) is 0 Å². The molecule has 2 heterocycles. The van der Waals surface area contributed by atoms with Crippen LogP contribution in [0.3, 0.4) is 0 Å². The second-order valence-electron chi connectivity index (χ2n) is 5.09. The number of thiophene rings is 1. The van der Waals surface area contributed by atoms with Crippen molar-refractivity contribution in [2.45, 2.75) is 13.1 Å². The van der Waals surface area contributed by atoms with Crippen molar-refractivity contribution in [2.24, 2.45) is 0 Å². The summed E-state index contributed by atoms with van der Waals surface area (Å²) in [6, 6.07) is 12.5. The van der Waals surface area contributed by atoms with E-state index in [-0.39, 0.29) is 18.0 Å². The molecular weight excluding hydrogens is 346 g/mol. The molecular formula is C17H14ClN3O2S. The number of nitrogens with zero attached hydrogens (tertiary/aromatic N) is 2. The van der Waals surface area contributed by atoms with Gasteiger partial charge < -0.3 is 5.32 Å². The van der Waals surface area contributed by atoms with E-state index in [1.807, 2.05) is 35.7 Å². The molecule has 0 aliphatic rings. The third kappa shape index (κ3) is 3.90. The highest BCUT2D eigenvalue weighted by Gasteiger charge is 2.08. The van der Waals surface area contributed by atoms with E-state index in [9.17, 15) is 9.59 Å². The Morgan fingerprint density at radius 2 is 2.08 bits per heavy atom. The van der Waals surface area contributed by atoms with Gasteiger partial charge in [-0.2, -0.15) is 0 Å². The maximum absolute atomic E-state index is 12.1. The molecule has 7 heteroatoms. The molecule has 0 saturated heterocycles. The Morgan fingerprint density at radius 3 is 2.79 bits per heavy atom. The molecule has 3 rings (SSSR count). The van der Waals surface area contributed by atoms with Crippen LogP contribution in [0, 0.1) is 0 Å². The summed E-state index contributed by atoms with van der Waals surface area (Å²) >= 11 is 7.55. The zero-order chi connectivity index (χ0) is 16.9. The molecule has 1 N–H and O–H groups in total. The molecule has 0 spiro atoms. The second-order valence-corrected chi connectivity index (χ2v) is 6.44. The molecule has 0 aliphatic heterocycles. The molecule has 3 aromatic rings. The Bertz CT molecular complexity index is 906. The topological polar surface area (TPSA) is 64.0 Å². The average molecular weight is 360 g/mol. The summed E-state index contributed by atoms with van der Waals surface area (Å²) in [4.78, 5) is 29.3. The van der Waals surface area contributed by atoms with Crippen LogP contribution in [0.1, 0.15) is 5.56 Å². The van der Waals surface area contributed by atoms with Gasteiger partial charge in [0.25, 0.3) is 5.56 Å². The van der Waals surface area contributed by atoms with Crippen molar-refractivity contribution in [1.82, 2.24) is 14.9 Å². The molecule has 122 valence electrons. The lowest BCUT2D eigenvalue weighted by molar-refractivity contribution is -0.121. The monoisotopic (exact) mass is 359 g/mol. The SMILES string of the molecule is O=C(Cn1cnc(-c2cccs2)cc1=O)NCc1ccccc1Cl. The first-order valence-corrected chi connectivity index (χ1v) is 8.50. The van der Waals surface area contributed by atoms with Gasteiger partial charge in [-0.05, 0) is 23.1 Å². The van der Waals surface area contributed by atoms with E-state index in [1.54, 1.807) is 6.07 Å². The van der Waals surface area contributed by atoms with Crippen molar-refractivity contribution >= 4 is 28.8 Å². The third-order valence-corrected chi connectivity index (χ3v) is 4.66. The predicted octanol–water partition coefficient (Wildman–Crippen LogP) is 2.94. The van der Waals surface area contributed by atoms with Gasteiger partial charge in [0.15, 0.2) is 0 Å². The molecule has 0 saturated carbocycles. The summed E-state index contributed by atoms with van der Waals surface area (Å²) in [5.74, 6) is -0.275. The molecule has 0 atom stereocenters. The van der Waals surface area contributed by atoms with Gasteiger partial charge in [0.1, 0.15) is 6.54 Å². The lowest BCUT2D eigenvalue weighted by Gasteiger charge is -2.08. The number of benzene rings is 1. The Labute approximate surface area is 147 Å². The fourth-order valence-electron chi connectivity index (χ4n) is 2.15. The fourth-order valence-corrected chi connectivity index (χ4v) is 3.05. The largest absolute Gasteiger partial charge is 0.350 e. The highest BCUT2D eigenvalue weighted by atomic mass is 35.5. The molecule has 0 fully saturated rings. The van der Waals surface area contributed by atoms with Crippen LogP contribution < -0.4 is 10.9 Å². The third-order valence-electron chi connectivity index (χ3n) is 3.40. The number of amides is 1. The van der Waals surface area contributed by atoms with Gasteiger partial charge >= 0.3 is 0 Å². The molecule has 0 aliphatic carbocycles. The first-order chi connectivity index (χ1) is 11.6. The van der Waals surface area contributed by atoms with Crippen molar-refractivity contribution in [3.63, 3.8) is 0 Å². The zero-order valence-corrected chi connectivity index (χ0v) is 14.2. The molecule has 1 aromatic carbocycles. The number of carbonyl (C=O) groups is 1. The van der Waals surface area contributed by atoms with Crippen LogP contribution in [0.2, 0.25) is 5.02 Å². The minimum atomic E-state index is -0.275. The van der Waals surface area contributed by atoms with Gasteiger partial charge in [-0.1, -0.05) is 35.9 Å². The molecule has 1 amide bonds. The standard InChI is InChI=1S/C17H14ClN3O2S/c18-13-5-2-1-4-12(13)9-19-16(22)10-21-11-20-14(8-17(21)23)15-6-3-7-24-15/h1-8,11H,9-10H2,(H,19,22). The van der Waals surface area contributed by atoms with Gasteiger partial charge in [-0.15, -0.1) is 11.3 Å². The van der Waals surface area contributed by atoms with Gasteiger partial charge in [-0.25, -0.2) is 4.98 Å². The maximum Gasteiger partial charge on any atom is 0.254 e. The summed E-state index contributed by atoms with van der Waals surface area (Å²) in [5.41, 5.74) is 1.18. The molecule has 0 bridgehead atoms. The highest BCUT2D eigenvalue weighted by molar-refractivity contribution is 7.13. The number of hydrogen-bond donors (Lipinski definition) is 1. The summed E-state index contributed by atoms with van der Waals surface area (Å²) in [7, 11) is 0. The van der Waals surface area contributed by atoms with Crippen molar-refractivity contribution in [2.75, 3.05) is 0 Å². The molecule has 0 radical (unpaired) electrons. The van der Waals surface area contributed by atoms with Crippen LogP contribution in [0.5, 0.6) is 0 Å². The molecule has 24 heavy (non-hydrogen) atoms. The number of aromatic nitrogens is 2. The predicted molar refractivity (Wildman–Crippen MR) is 95.1 cm³/mol. The lowest BCUT2D eigenvalue weighted by Crippen LogP contribution is -2.32. The Hall–Kier alpha value is -2.44. The maximum atomic E-state index is 12.1. The van der Waals surface area contributed by atoms with E-state index < -0.39 is 0 Å². The minimum absolute atomic E-state index is 0.0823. The van der Waals surface area contributed by atoms with Crippen LogP contribution in [0.25, 0.3) is 10.6 Å². The first kappa shape index (κ1) is 16.4. The zero-order valence-electron chi connectivity index (χ0n) is 12.6. The summed E-state index contributed by atoms with van der Waals surface area (Å²) in [6.45, 7) is 0.231. The van der Waals surface area contributed by atoms with E-state index in [4.69, 9.17) is 11.6 Å². The Balaban J connectivity index is 1.64. The van der Waals surface area contributed by atoms with E-state index in [0.717, 1.165) is 10.4 Å². The van der Waals surface area contributed by atoms with Gasteiger partial charge in [0, 0.05) is 17.6 Å². The van der Waals surface area contributed by atoms with Gasteiger partial charge in [0.05, 0.1) is 16.9 Å². The Kier molecular flexibility index (Phi) is 5.08. The first-order valence-electron chi connectivity index (χ1n) is 7.24. The number of carbonyl (C=O) groups excluding carboxylic acids is 1.